The third-order valence-electron chi connectivity index (χ3n) is 2.80. The van der Waals surface area contributed by atoms with Gasteiger partial charge in [-0.15, -0.1) is 0 Å². The molecule has 0 aliphatic carbocycles. The van der Waals surface area contributed by atoms with Gasteiger partial charge >= 0.3 is 0 Å². The lowest BCUT2D eigenvalue weighted by molar-refractivity contribution is 0.0939. The zero-order valence-corrected chi connectivity index (χ0v) is 13.1. The van der Waals surface area contributed by atoms with E-state index in [9.17, 15) is 4.79 Å². The van der Waals surface area contributed by atoms with E-state index in [0.29, 0.717) is 5.69 Å². The topological polar surface area (TPSA) is 68.0 Å². The number of carbonyl (C=O) groups is 1. The lowest BCUT2D eigenvalue weighted by Crippen LogP contribution is -2.27. The Morgan fingerprint density at radius 1 is 1.45 bits per heavy atom. The van der Waals surface area contributed by atoms with Crippen LogP contribution >= 0.6 is 27.5 Å². The number of nitrogens with two attached hydrogens (primary N) is 1. The molecule has 0 spiro atoms. The van der Waals surface area contributed by atoms with Crippen molar-refractivity contribution in [2.75, 3.05) is 5.73 Å². The number of hydrogen-bond acceptors (Lipinski definition) is 3. The van der Waals surface area contributed by atoms with Crippen LogP contribution in [0.5, 0.6) is 0 Å². The normalized spacial score (nSPS) is 11.9. The molecule has 2 rings (SSSR count). The van der Waals surface area contributed by atoms with Crippen molar-refractivity contribution in [3.05, 3.63) is 57.3 Å². The highest BCUT2D eigenvalue weighted by Gasteiger charge is 2.15. The standard InChI is InChI=1S/C14H13BrClN3O/c1-8(9-3-2-4-10(15)5-9)19-14(20)12-6-11(17)7-18-13(12)16/h2-8H,17H2,1H3,(H,19,20). The molecule has 0 bridgehead atoms. The fourth-order valence-electron chi connectivity index (χ4n) is 1.76. The van der Waals surface area contributed by atoms with E-state index in [4.69, 9.17) is 17.3 Å². The van der Waals surface area contributed by atoms with Crippen LogP contribution in [0.3, 0.4) is 0 Å². The number of carbonyl (C=O) groups excluding carboxylic acids is 1. The summed E-state index contributed by atoms with van der Waals surface area (Å²) in [6.45, 7) is 1.90. The predicted octanol–water partition coefficient (Wildman–Crippen LogP) is 3.57. The van der Waals surface area contributed by atoms with E-state index in [0.717, 1.165) is 10.0 Å². The highest BCUT2D eigenvalue weighted by molar-refractivity contribution is 9.10. The Balaban J connectivity index is 2.17. The van der Waals surface area contributed by atoms with E-state index >= 15 is 0 Å². The van der Waals surface area contributed by atoms with Crippen LogP contribution in [0.1, 0.15) is 28.9 Å². The molecule has 0 aliphatic rings. The molecule has 4 nitrogen and oxygen atoms in total. The predicted molar refractivity (Wildman–Crippen MR) is 83.7 cm³/mol. The molecule has 1 aromatic carbocycles. The number of rotatable bonds is 3. The van der Waals surface area contributed by atoms with Gasteiger partial charge in [-0.3, -0.25) is 4.79 Å². The second-order valence-corrected chi connectivity index (χ2v) is 5.63. The van der Waals surface area contributed by atoms with Gasteiger partial charge in [0.15, 0.2) is 0 Å². The van der Waals surface area contributed by atoms with Crippen LogP contribution in [-0.2, 0) is 0 Å². The van der Waals surface area contributed by atoms with Gasteiger partial charge in [-0.05, 0) is 30.7 Å². The summed E-state index contributed by atoms with van der Waals surface area (Å²) < 4.78 is 0.958. The number of anilines is 1. The summed E-state index contributed by atoms with van der Waals surface area (Å²) in [5.74, 6) is -0.303. The number of pyridine rings is 1. The number of nitrogen functional groups attached to an aromatic ring is 1. The molecule has 1 unspecified atom stereocenters. The minimum absolute atomic E-state index is 0.137. The van der Waals surface area contributed by atoms with Crippen molar-refractivity contribution in [1.82, 2.24) is 10.3 Å². The molecule has 1 aromatic heterocycles. The third-order valence-corrected chi connectivity index (χ3v) is 3.60. The van der Waals surface area contributed by atoms with Crippen LogP contribution in [0.15, 0.2) is 41.0 Å². The lowest BCUT2D eigenvalue weighted by atomic mass is 10.1. The molecule has 3 N–H and O–H groups in total. The first-order valence-electron chi connectivity index (χ1n) is 5.94. The molecule has 0 aliphatic heterocycles. The van der Waals surface area contributed by atoms with Crippen LogP contribution in [0, 0.1) is 0 Å². The van der Waals surface area contributed by atoms with Crippen molar-refractivity contribution in [3.8, 4) is 0 Å². The zero-order chi connectivity index (χ0) is 14.7. The molecule has 1 amide bonds. The number of aromatic nitrogens is 1. The van der Waals surface area contributed by atoms with Crippen molar-refractivity contribution >= 4 is 39.1 Å². The van der Waals surface area contributed by atoms with Gasteiger partial charge in [-0.2, -0.15) is 0 Å². The van der Waals surface area contributed by atoms with Crippen molar-refractivity contribution in [2.24, 2.45) is 0 Å². The van der Waals surface area contributed by atoms with Crippen molar-refractivity contribution in [3.63, 3.8) is 0 Å². The maximum Gasteiger partial charge on any atom is 0.254 e. The Morgan fingerprint density at radius 2 is 2.20 bits per heavy atom. The summed E-state index contributed by atoms with van der Waals surface area (Å²) in [7, 11) is 0. The van der Waals surface area contributed by atoms with Crippen molar-refractivity contribution in [2.45, 2.75) is 13.0 Å². The fourth-order valence-corrected chi connectivity index (χ4v) is 2.36. The van der Waals surface area contributed by atoms with Gasteiger partial charge in [-0.25, -0.2) is 4.98 Å². The van der Waals surface area contributed by atoms with Crippen molar-refractivity contribution in [1.29, 1.82) is 0 Å². The zero-order valence-electron chi connectivity index (χ0n) is 10.7. The van der Waals surface area contributed by atoms with E-state index in [1.54, 1.807) is 0 Å². The van der Waals surface area contributed by atoms with Crippen LogP contribution < -0.4 is 11.1 Å². The lowest BCUT2D eigenvalue weighted by Gasteiger charge is -2.15. The second kappa shape index (κ2) is 6.24. The smallest absolute Gasteiger partial charge is 0.254 e. The number of nitrogens with one attached hydrogen (secondary N) is 1. The number of amides is 1. The first-order chi connectivity index (χ1) is 9.47. The van der Waals surface area contributed by atoms with Gasteiger partial charge in [0.2, 0.25) is 0 Å². The molecule has 1 atom stereocenters. The summed E-state index contributed by atoms with van der Waals surface area (Å²) in [5.41, 5.74) is 7.28. The molecule has 0 fully saturated rings. The number of halogens is 2. The number of benzene rings is 1. The van der Waals surface area contributed by atoms with E-state index in [1.807, 2.05) is 31.2 Å². The molecule has 1 heterocycles. The van der Waals surface area contributed by atoms with Gasteiger partial charge in [0, 0.05) is 4.47 Å². The minimum Gasteiger partial charge on any atom is -0.397 e. The monoisotopic (exact) mass is 353 g/mol. The summed E-state index contributed by atoms with van der Waals surface area (Å²) >= 11 is 9.31. The SMILES string of the molecule is CC(NC(=O)c1cc(N)cnc1Cl)c1cccc(Br)c1. The van der Waals surface area contributed by atoms with E-state index < -0.39 is 0 Å². The van der Waals surface area contributed by atoms with E-state index in [1.165, 1.54) is 12.3 Å². The summed E-state index contributed by atoms with van der Waals surface area (Å²) in [5, 5.41) is 3.01. The van der Waals surface area contributed by atoms with Gasteiger partial charge in [0.25, 0.3) is 5.91 Å². The molecule has 2 aromatic rings. The highest BCUT2D eigenvalue weighted by Crippen LogP contribution is 2.20. The Hall–Kier alpha value is -1.59. The molecule has 0 radical (unpaired) electrons. The molecular formula is C14H13BrClN3O. The van der Waals surface area contributed by atoms with Crippen LogP contribution in [0.2, 0.25) is 5.15 Å². The Labute approximate surface area is 130 Å². The Bertz CT molecular complexity index is 648. The number of hydrogen-bond donors (Lipinski definition) is 2. The molecule has 6 heteroatoms. The second-order valence-electron chi connectivity index (χ2n) is 4.36. The average Bonchev–Trinajstić information content (AvgIpc) is 2.41. The number of nitrogens with zero attached hydrogens (tertiary/aromatic N) is 1. The van der Waals surface area contributed by atoms with Gasteiger partial charge in [0.1, 0.15) is 5.15 Å². The first kappa shape index (κ1) is 14.8. The van der Waals surface area contributed by atoms with Crippen LogP contribution in [-0.4, -0.2) is 10.9 Å². The average molecular weight is 355 g/mol. The summed E-state index contributed by atoms with van der Waals surface area (Å²) in [6.07, 6.45) is 1.41. The Morgan fingerprint density at radius 3 is 2.90 bits per heavy atom. The summed E-state index contributed by atoms with van der Waals surface area (Å²) in [6, 6.07) is 9.09. The largest absolute Gasteiger partial charge is 0.397 e. The van der Waals surface area contributed by atoms with Gasteiger partial charge in [-0.1, -0.05) is 39.7 Å². The molecule has 104 valence electrons. The van der Waals surface area contributed by atoms with E-state index in [-0.39, 0.29) is 22.7 Å². The van der Waals surface area contributed by atoms with Crippen LogP contribution in [0.4, 0.5) is 5.69 Å². The molecule has 0 saturated heterocycles. The molecule has 20 heavy (non-hydrogen) atoms. The molecular weight excluding hydrogens is 342 g/mol. The quantitative estimate of drug-likeness (QED) is 0.828. The summed E-state index contributed by atoms with van der Waals surface area (Å²) in [4.78, 5) is 16.0. The molecule has 0 saturated carbocycles. The fraction of sp³-hybridized carbons (Fsp3) is 0.143. The maximum atomic E-state index is 12.2. The first-order valence-corrected chi connectivity index (χ1v) is 7.12. The highest BCUT2D eigenvalue weighted by atomic mass is 79.9. The minimum atomic E-state index is -0.303. The van der Waals surface area contributed by atoms with E-state index in [2.05, 4.69) is 26.2 Å². The van der Waals surface area contributed by atoms with Crippen LogP contribution in [0.25, 0.3) is 0 Å². The van der Waals surface area contributed by atoms with Gasteiger partial charge in [0.05, 0.1) is 23.5 Å². The van der Waals surface area contributed by atoms with Crippen molar-refractivity contribution < 1.29 is 4.79 Å². The Kier molecular flexibility index (Phi) is 4.62. The third kappa shape index (κ3) is 3.49. The maximum absolute atomic E-state index is 12.2. The van der Waals surface area contributed by atoms with Gasteiger partial charge < -0.3 is 11.1 Å².